The van der Waals surface area contributed by atoms with Gasteiger partial charge in [0.2, 0.25) is 0 Å². The van der Waals surface area contributed by atoms with Crippen LogP contribution < -0.4 is 0 Å². The van der Waals surface area contributed by atoms with Gasteiger partial charge in [0.05, 0.1) is 5.60 Å². The molecular formula is C13H15NO2. The molecule has 0 aliphatic carbocycles. The summed E-state index contributed by atoms with van der Waals surface area (Å²) in [6.07, 6.45) is 2.53. The van der Waals surface area contributed by atoms with Crippen LogP contribution in [-0.2, 0) is 0 Å². The fraction of sp³-hybridized carbons (Fsp3) is 0.308. The molecule has 0 aliphatic heterocycles. The van der Waals surface area contributed by atoms with Crippen LogP contribution in [0, 0.1) is 0 Å². The number of nitrogens with zero attached hydrogens (tertiary/aromatic N) is 1. The van der Waals surface area contributed by atoms with Crippen molar-refractivity contribution in [2.45, 2.75) is 25.6 Å². The Morgan fingerprint density at radius 1 is 1.25 bits per heavy atom. The van der Waals surface area contributed by atoms with Gasteiger partial charge >= 0.3 is 0 Å². The van der Waals surface area contributed by atoms with Crippen molar-refractivity contribution in [3.63, 3.8) is 0 Å². The monoisotopic (exact) mass is 217 g/mol. The number of aliphatic hydroxyl groups excluding tert-OH is 1. The van der Waals surface area contributed by atoms with E-state index >= 15 is 0 Å². The molecule has 84 valence electrons. The summed E-state index contributed by atoms with van der Waals surface area (Å²) in [5.74, 6) is 0. The van der Waals surface area contributed by atoms with Gasteiger partial charge in [-0.3, -0.25) is 4.98 Å². The van der Waals surface area contributed by atoms with Gasteiger partial charge in [-0.2, -0.15) is 0 Å². The van der Waals surface area contributed by atoms with Crippen LogP contribution in [-0.4, -0.2) is 20.8 Å². The third kappa shape index (κ3) is 1.92. The first-order valence-corrected chi connectivity index (χ1v) is 5.23. The van der Waals surface area contributed by atoms with Crippen LogP contribution in [0.2, 0.25) is 0 Å². The van der Waals surface area contributed by atoms with E-state index in [0.29, 0.717) is 0 Å². The molecule has 1 atom stereocenters. The second kappa shape index (κ2) is 3.85. The van der Waals surface area contributed by atoms with Crippen molar-refractivity contribution in [3.8, 4) is 0 Å². The average Bonchev–Trinajstić information content (AvgIpc) is 2.26. The van der Waals surface area contributed by atoms with Gasteiger partial charge < -0.3 is 10.2 Å². The average molecular weight is 217 g/mol. The number of hydrogen-bond donors (Lipinski definition) is 2. The Morgan fingerprint density at radius 3 is 2.69 bits per heavy atom. The van der Waals surface area contributed by atoms with Crippen LogP contribution in [0.3, 0.4) is 0 Å². The van der Waals surface area contributed by atoms with Gasteiger partial charge in [0.1, 0.15) is 6.10 Å². The van der Waals surface area contributed by atoms with Crippen LogP contribution >= 0.6 is 0 Å². The number of aromatic nitrogens is 1. The molecule has 2 rings (SSSR count). The van der Waals surface area contributed by atoms with E-state index in [2.05, 4.69) is 4.98 Å². The second-order valence-corrected chi connectivity index (χ2v) is 4.50. The van der Waals surface area contributed by atoms with Gasteiger partial charge in [-0.1, -0.05) is 18.2 Å². The largest absolute Gasteiger partial charge is 0.387 e. The molecule has 16 heavy (non-hydrogen) atoms. The molecule has 0 fully saturated rings. The van der Waals surface area contributed by atoms with E-state index < -0.39 is 11.7 Å². The van der Waals surface area contributed by atoms with Gasteiger partial charge in [0.15, 0.2) is 0 Å². The van der Waals surface area contributed by atoms with E-state index in [4.69, 9.17) is 0 Å². The highest BCUT2D eigenvalue weighted by atomic mass is 16.3. The van der Waals surface area contributed by atoms with Crippen molar-refractivity contribution in [2.75, 3.05) is 0 Å². The van der Waals surface area contributed by atoms with Gasteiger partial charge in [0.25, 0.3) is 0 Å². The van der Waals surface area contributed by atoms with Gasteiger partial charge in [-0.05, 0) is 30.9 Å². The summed E-state index contributed by atoms with van der Waals surface area (Å²) in [5.41, 5.74) is -0.426. The highest BCUT2D eigenvalue weighted by Crippen LogP contribution is 2.30. The summed E-state index contributed by atoms with van der Waals surface area (Å²) >= 11 is 0. The van der Waals surface area contributed by atoms with E-state index in [1.807, 2.05) is 24.3 Å². The van der Waals surface area contributed by atoms with Crippen molar-refractivity contribution in [3.05, 3.63) is 42.2 Å². The molecule has 0 bridgehead atoms. The highest BCUT2D eigenvalue weighted by Gasteiger charge is 2.27. The Balaban J connectivity index is 2.61. The summed E-state index contributed by atoms with van der Waals surface area (Å²) in [4.78, 5) is 4.03. The predicted octanol–water partition coefficient (Wildman–Crippen LogP) is 2.04. The smallest absolute Gasteiger partial charge is 0.108 e. The Labute approximate surface area is 94.4 Å². The maximum absolute atomic E-state index is 10.1. The first-order valence-electron chi connectivity index (χ1n) is 5.23. The van der Waals surface area contributed by atoms with Crippen molar-refractivity contribution >= 4 is 10.8 Å². The minimum atomic E-state index is -1.16. The fourth-order valence-corrected chi connectivity index (χ4v) is 1.77. The molecule has 1 aromatic carbocycles. The van der Waals surface area contributed by atoms with Crippen molar-refractivity contribution in [1.29, 1.82) is 0 Å². The molecule has 0 amide bonds. The maximum Gasteiger partial charge on any atom is 0.108 e. The van der Waals surface area contributed by atoms with Crippen LogP contribution in [0.1, 0.15) is 25.5 Å². The number of benzene rings is 1. The second-order valence-electron chi connectivity index (χ2n) is 4.50. The number of pyridine rings is 1. The number of fused-ring (bicyclic) bond motifs is 1. The first-order chi connectivity index (χ1) is 7.50. The third-order valence-electron chi connectivity index (χ3n) is 2.68. The minimum Gasteiger partial charge on any atom is -0.387 e. The van der Waals surface area contributed by atoms with Gasteiger partial charge in [-0.25, -0.2) is 0 Å². The molecule has 0 saturated carbocycles. The van der Waals surface area contributed by atoms with Crippen LogP contribution in [0.15, 0.2) is 36.7 Å². The molecule has 0 aliphatic rings. The quantitative estimate of drug-likeness (QED) is 0.809. The number of aliphatic hydroxyl groups is 2. The molecule has 1 unspecified atom stereocenters. The SMILES string of the molecule is CC(C)(O)C(O)c1cccc2cnccc12. The molecule has 0 saturated heterocycles. The summed E-state index contributed by atoms with van der Waals surface area (Å²) in [5, 5.41) is 21.8. The Bertz CT molecular complexity index is 497. The van der Waals surface area contributed by atoms with E-state index in [1.54, 1.807) is 26.2 Å². The lowest BCUT2D eigenvalue weighted by Gasteiger charge is -2.25. The normalized spacial score (nSPS) is 14.0. The minimum absolute atomic E-state index is 0.729. The van der Waals surface area contributed by atoms with E-state index in [0.717, 1.165) is 16.3 Å². The topological polar surface area (TPSA) is 53.4 Å². The molecule has 3 nitrogen and oxygen atoms in total. The fourth-order valence-electron chi connectivity index (χ4n) is 1.77. The zero-order valence-electron chi connectivity index (χ0n) is 9.38. The molecule has 0 radical (unpaired) electrons. The van der Waals surface area contributed by atoms with Crippen LogP contribution in [0.25, 0.3) is 10.8 Å². The summed E-state index contributed by atoms with van der Waals surface area (Å²) in [6.45, 7) is 3.19. The van der Waals surface area contributed by atoms with E-state index in [9.17, 15) is 10.2 Å². The van der Waals surface area contributed by atoms with E-state index in [-0.39, 0.29) is 0 Å². The van der Waals surface area contributed by atoms with E-state index in [1.165, 1.54) is 0 Å². The molecule has 2 N–H and O–H groups in total. The predicted molar refractivity (Wildman–Crippen MR) is 63.0 cm³/mol. The molecule has 3 heteroatoms. The summed E-state index contributed by atoms with van der Waals surface area (Å²) in [6, 6.07) is 7.46. The lowest BCUT2D eigenvalue weighted by atomic mass is 9.92. The molecular weight excluding hydrogens is 202 g/mol. The Kier molecular flexibility index (Phi) is 2.66. The molecule has 2 aromatic rings. The van der Waals surface area contributed by atoms with Crippen molar-refractivity contribution in [2.24, 2.45) is 0 Å². The lowest BCUT2D eigenvalue weighted by molar-refractivity contribution is -0.0489. The first kappa shape index (κ1) is 11.0. The number of rotatable bonds is 2. The van der Waals surface area contributed by atoms with Crippen LogP contribution in [0.4, 0.5) is 0 Å². The standard InChI is InChI=1S/C13H15NO2/c1-13(2,16)12(15)11-5-3-4-9-8-14-7-6-10(9)11/h3-8,12,15-16H,1-2H3. The summed E-state index contributed by atoms with van der Waals surface area (Å²) in [7, 11) is 0. The molecule has 1 aromatic heterocycles. The van der Waals surface area contributed by atoms with Gasteiger partial charge in [-0.15, -0.1) is 0 Å². The lowest BCUT2D eigenvalue weighted by Crippen LogP contribution is -2.28. The van der Waals surface area contributed by atoms with Crippen molar-refractivity contribution < 1.29 is 10.2 Å². The zero-order chi connectivity index (χ0) is 11.8. The molecule has 0 spiro atoms. The number of hydrogen-bond acceptors (Lipinski definition) is 3. The van der Waals surface area contributed by atoms with Crippen LogP contribution in [0.5, 0.6) is 0 Å². The Morgan fingerprint density at radius 2 is 2.00 bits per heavy atom. The highest BCUT2D eigenvalue weighted by molar-refractivity contribution is 5.85. The van der Waals surface area contributed by atoms with Crippen molar-refractivity contribution in [1.82, 2.24) is 4.98 Å². The molecule has 1 heterocycles. The Hall–Kier alpha value is -1.45. The summed E-state index contributed by atoms with van der Waals surface area (Å²) < 4.78 is 0. The van der Waals surface area contributed by atoms with Gasteiger partial charge in [0, 0.05) is 17.8 Å². The maximum atomic E-state index is 10.1. The third-order valence-corrected chi connectivity index (χ3v) is 2.68. The zero-order valence-corrected chi connectivity index (χ0v) is 9.38.